The molecule has 3 nitrogen and oxygen atoms in total. The second kappa shape index (κ2) is 15.6. The molecule has 0 unspecified atom stereocenters. The van der Waals surface area contributed by atoms with Crippen molar-refractivity contribution in [3.05, 3.63) is 11.6 Å². The summed E-state index contributed by atoms with van der Waals surface area (Å²) in [7, 11) is 0. The highest BCUT2D eigenvalue weighted by atomic mass is 16.4. The Kier molecular flexibility index (Phi) is 14.9. The van der Waals surface area contributed by atoms with Crippen LogP contribution in [0.1, 0.15) is 90.4 Å². The van der Waals surface area contributed by atoms with Crippen LogP contribution < -0.4 is 0 Å². The molecule has 0 aromatic heterocycles. The number of aliphatic carboxylic acids is 1. The average molecular weight is 298 g/mol. The van der Waals surface area contributed by atoms with E-state index in [9.17, 15) is 4.79 Å². The Balaban J connectivity index is 3.12. The van der Waals surface area contributed by atoms with E-state index in [-0.39, 0.29) is 0 Å². The molecule has 0 aliphatic rings. The predicted molar refractivity (Wildman–Crippen MR) is 88.5 cm³/mol. The van der Waals surface area contributed by atoms with Gasteiger partial charge in [0.1, 0.15) is 0 Å². The van der Waals surface area contributed by atoms with E-state index in [1.54, 1.807) is 6.92 Å². The Morgan fingerprint density at radius 3 is 1.52 bits per heavy atom. The van der Waals surface area contributed by atoms with Crippen LogP contribution in [0.4, 0.5) is 0 Å². The van der Waals surface area contributed by atoms with Crippen molar-refractivity contribution in [2.45, 2.75) is 90.4 Å². The summed E-state index contributed by atoms with van der Waals surface area (Å²) in [5, 5.41) is 17.4. The van der Waals surface area contributed by atoms with Crippen molar-refractivity contribution in [3.63, 3.8) is 0 Å². The molecule has 3 heteroatoms. The van der Waals surface area contributed by atoms with Gasteiger partial charge in [0.2, 0.25) is 0 Å². The van der Waals surface area contributed by atoms with E-state index < -0.39 is 5.97 Å². The van der Waals surface area contributed by atoms with Crippen molar-refractivity contribution in [2.75, 3.05) is 6.61 Å². The zero-order valence-corrected chi connectivity index (χ0v) is 13.8. The van der Waals surface area contributed by atoms with Crippen LogP contribution in [-0.2, 0) is 4.79 Å². The summed E-state index contributed by atoms with van der Waals surface area (Å²) in [4.78, 5) is 10.6. The van der Waals surface area contributed by atoms with Gasteiger partial charge in [-0.15, -0.1) is 0 Å². The van der Waals surface area contributed by atoms with Crippen molar-refractivity contribution >= 4 is 5.97 Å². The number of unbranched alkanes of at least 4 members (excludes halogenated alkanes) is 12. The van der Waals surface area contributed by atoms with Gasteiger partial charge in [0.15, 0.2) is 0 Å². The fraction of sp³-hybridized carbons (Fsp3) is 0.833. The monoisotopic (exact) mass is 298 g/mol. The molecule has 0 aromatic rings. The molecule has 0 atom stereocenters. The molecule has 21 heavy (non-hydrogen) atoms. The van der Waals surface area contributed by atoms with Crippen LogP contribution in [0.2, 0.25) is 0 Å². The minimum Gasteiger partial charge on any atom is -0.478 e. The molecule has 0 rings (SSSR count). The van der Waals surface area contributed by atoms with Crippen LogP contribution in [0.5, 0.6) is 0 Å². The number of rotatable bonds is 15. The number of allylic oxidation sites excluding steroid dienone is 1. The first kappa shape index (κ1) is 20.2. The first-order chi connectivity index (χ1) is 10.2. The van der Waals surface area contributed by atoms with Gasteiger partial charge in [-0.25, -0.2) is 4.79 Å². The maximum absolute atomic E-state index is 10.6. The molecule has 0 fully saturated rings. The third kappa shape index (κ3) is 15.4. The smallest absolute Gasteiger partial charge is 0.330 e. The van der Waals surface area contributed by atoms with Gasteiger partial charge in [-0.05, 0) is 26.2 Å². The van der Waals surface area contributed by atoms with Gasteiger partial charge >= 0.3 is 5.97 Å². The molecular weight excluding hydrogens is 264 g/mol. The quantitative estimate of drug-likeness (QED) is 0.327. The molecule has 2 N–H and O–H groups in total. The van der Waals surface area contributed by atoms with Gasteiger partial charge in [0.05, 0.1) is 0 Å². The van der Waals surface area contributed by atoms with Crippen LogP contribution in [-0.4, -0.2) is 22.8 Å². The predicted octanol–water partition coefficient (Wildman–Crippen LogP) is 5.08. The number of hydrogen-bond donors (Lipinski definition) is 2. The minimum absolute atomic E-state index is 0.339. The Morgan fingerprint density at radius 1 is 0.762 bits per heavy atom. The van der Waals surface area contributed by atoms with Crippen LogP contribution in [0.25, 0.3) is 0 Å². The summed E-state index contributed by atoms with van der Waals surface area (Å²) >= 11 is 0. The molecule has 0 heterocycles. The summed E-state index contributed by atoms with van der Waals surface area (Å²) < 4.78 is 0. The van der Waals surface area contributed by atoms with Gasteiger partial charge in [-0.3, -0.25) is 0 Å². The van der Waals surface area contributed by atoms with Gasteiger partial charge in [-0.1, -0.05) is 70.3 Å². The number of carbonyl (C=O) groups is 1. The maximum atomic E-state index is 10.6. The van der Waals surface area contributed by atoms with E-state index in [0.29, 0.717) is 12.2 Å². The molecule has 0 bridgehead atoms. The van der Waals surface area contributed by atoms with Gasteiger partial charge < -0.3 is 10.2 Å². The highest BCUT2D eigenvalue weighted by Gasteiger charge is 1.98. The third-order valence-corrected chi connectivity index (χ3v) is 3.90. The number of carboxylic acid groups (broad SMARTS) is 1. The molecule has 0 aliphatic carbocycles. The topological polar surface area (TPSA) is 57.5 Å². The van der Waals surface area contributed by atoms with Crippen LogP contribution >= 0.6 is 0 Å². The second-order valence-electron chi connectivity index (χ2n) is 5.95. The highest BCUT2D eigenvalue weighted by Crippen LogP contribution is 2.12. The fourth-order valence-corrected chi connectivity index (χ4v) is 2.43. The summed E-state index contributed by atoms with van der Waals surface area (Å²) in [6.45, 7) is 2.00. The molecule has 0 radical (unpaired) electrons. The van der Waals surface area contributed by atoms with E-state index in [2.05, 4.69) is 0 Å². The second-order valence-corrected chi connectivity index (χ2v) is 5.95. The zero-order valence-electron chi connectivity index (χ0n) is 13.8. The van der Waals surface area contributed by atoms with E-state index >= 15 is 0 Å². The van der Waals surface area contributed by atoms with Crippen LogP contribution in [0.15, 0.2) is 11.6 Å². The first-order valence-corrected chi connectivity index (χ1v) is 8.69. The lowest BCUT2D eigenvalue weighted by Crippen LogP contribution is -1.95. The Morgan fingerprint density at radius 2 is 1.14 bits per heavy atom. The summed E-state index contributed by atoms with van der Waals surface area (Å²) in [5.41, 5.74) is 0.467. The standard InChI is InChI=1S/C18H34O3/c1-17(18(20)21)15-13-11-9-7-5-3-2-4-6-8-10-12-14-16-19/h15,19H,2-14,16H2,1H3,(H,20,21). The lowest BCUT2D eigenvalue weighted by Gasteiger charge is -2.02. The molecule has 0 amide bonds. The summed E-state index contributed by atoms with van der Waals surface area (Å²) in [6.07, 6.45) is 17.7. The molecule has 0 saturated carbocycles. The lowest BCUT2D eigenvalue weighted by atomic mass is 10.0. The fourth-order valence-electron chi connectivity index (χ4n) is 2.43. The van der Waals surface area contributed by atoms with Crippen LogP contribution in [0.3, 0.4) is 0 Å². The molecule has 0 saturated heterocycles. The average Bonchev–Trinajstić information content (AvgIpc) is 2.47. The van der Waals surface area contributed by atoms with Gasteiger partial charge in [0, 0.05) is 12.2 Å². The van der Waals surface area contributed by atoms with Crippen molar-refractivity contribution in [3.8, 4) is 0 Å². The number of aliphatic hydroxyl groups is 1. The molecule has 124 valence electrons. The molecule has 0 aliphatic heterocycles. The van der Waals surface area contributed by atoms with Crippen molar-refractivity contribution in [2.24, 2.45) is 0 Å². The lowest BCUT2D eigenvalue weighted by molar-refractivity contribution is -0.132. The number of aliphatic hydroxyl groups excluding tert-OH is 1. The first-order valence-electron chi connectivity index (χ1n) is 8.69. The Labute approximate surface area is 130 Å². The van der Waals surface area contributed by atoms with E-state index in [1.807, 2.05) is 6.08 Å². The van der Waals surface area contributed by atoms with E-state index in [1.165, 1.54) is 64.2 Å². The summed E-state index contributed by atoms with van der Waals surface area (Å²) in [6, 6.07) is 0. The molecule has 0 spiro atoms. The van der Waals surface area contributed by atoms with Crippen molar-refractivity contribution in [1.82, 2.24) is 0 Å². The third-order valence-electron chi connectivity index (χ3n) is 3.90. The van der Waals surface area contributed by atoms with Crippen molar-refractivity contribution in [1.29, 1.82) is 0 Å². The Bertz CT molecular complexity index is 272. The maximum Gasteiger partial charge on any atom is 0.330 e. The highest BCUT2D eigenvalue weighted by molar-refractivity contribution is 5.85. The van der Waals surface area contributed by atoms with Gasteiger partial charge in [-0.2, -0.15) is 0 Å². The van der Waals surface area contributed by atoms with Crippen molar-refractivity contribution < 1.29 is 15.0 Å². The zero-order chi connectivity index (χ0) is 15.8. The summed E-state index contributed by atoms with van der Waals surface area (Å²) in [5.74, 6) is -0.800. The number of carboxylic acids is 1. The largest absolute Gasteiger partial charge is 0.478 e. The van der Waals surface area contributed by atoms with E-state index in [4.69, 9.17) is 10.2 Å². The van der Waals surface area contributed by atoms with Gasteiger partial charge in [0.25, 0.3) is 0 Å². The molecular formula is C18H34O3. The molecule has 0 aromatic carbocycles. The minimum atomic E-state index is -0.800. The SMILES string of the molecule is CC(=CCCCCCCCCCCCCCCO)C(=O)O. The number of hydrogen-bond acceptors (Lipinski definition) is 2. The normalized spacial score (nSPS) is 11.8. The van der Waals surface area contributed by atoms with Crippen LogP contribution in [0, 0.1) is 0 Å². The Hall–Kier alpha value is -0.830. The van der Waals surface area contributed by atoms with E-state index in [0.717, 1.165) is 19.3 Å².